The van der Waals surface area contributed by atoms with Crippen LogP contribution in [0, 0.1) is 13.8 Å². The summed E-state index contributed by atoms with van der Waals surface area (Å²) in [6, 6.07) is 11.3. The van der Waals surface area contributed by atoms with Gasteiger partial charge in [0.1, 0.15) is 11.4 Å². The number of benzene rings is 1. The van der Waals surface area contributed by atoms with Crippen molar-refractivity contribution in [3.05, 3.63) is 58.6 Å². The van der Waals surface area contributed by atoms with Gasteiger partial charge >= 0.3 is 0 Å². The van der Waals surface area contributed by atoms with Crippen molar-refractivity contribution in [3.63, 3.8) is 0 Å². The van der Waals surface area contributed by atoms with Gasteiger partial charge in [-0.15, -0.1) is 0 Å². The van der Waals surface area contributed by atoms with Crippen molar-refractivity contribution < 1.29 is 4.79 Å². The highest BCUT2D eigenvalue weighted by molar-refractivity contribution is 9.10. The van der Waals surface area contributed by atoms with Gasteiger partial charge in [0.2, 0.25) is 5.91 Å². The highest BCUT2D eigenvalue weighted by atomic mass is 79.9. The fraction of sp³-hybridized carbons (Fsp3) is 0.176. The predicted octanol–water partition coefficient (Wildman–Crippen LogP) is 3.77. The number of thioether (sulfide) groups is 1. The van der Waals surface area contributed by atoms with Crippen molar-refractivity contribution >= 4 is 39.3 Å². The summed E-state index contributed by atoms with van der Waals surface area (Å²) in [5.41, 5.74) is 2.68. The highest BCUT2D eigenvalue weighted by Gasteiger charge is 2.09. The molecular formula is C17H16BrN5OS. The average molecular weight is 418 g/mol. The van der Waals surface area contributed by atoms with Gasteiger partial charge in [-0.3, -0.25) is 4.79 Å². The number of amides is 1. The number of nitrogens with zero attached hydrogens (tertiary/aromatic N) is 4. The van der Waals surface area contributed by atoms with E-state index < -0.39 is 0 Å². The number of carbonyl (C=O) groups excluding carboxylic acids is 1. The molecule has 0 aliphatic heterocycles. The van der Waals surface area contributed by atoms with E-state index in [0.29, 0.717) is 5.82 Å². The predicted molar refractivity (Wildman–Crippen MR) is 102 cm³/mol. The minimum absolute atomic E-state index is 0.0943. The third kappa shape index (κ3) is 4.46. The Morgan fingerprint density at radius 1 is 1.24 bits per heavy atom. The first-order chi connectivity index (χ1) is 12.0. The quantitative estimate of drug-likeness (QED) is 0.505. The number of hydrogen-bond donors (Lipinski definition) is 1. The number of rotatable bonds is 5. The zero-order chi connectivity index (χ0) is 17.8. The SMILES string of the molecule is Cc1cc(C)n(-c2cc(SCC(=O)Nc3ccccc3Br)ncn2)n1. The second-order valence-electron chi connectivity index (χ2n) is 5.37. The Kier molecular flexibility index (Phi) is 5.50. The molecule has 3 aromatic rings. The largest absolute Gasteiger partial charge is 0.324 e. The summed E-state index contributed by atoms with van der Waals surface area (Å²) in [6.45, 7) is 3.91. The van der Waals surface area contributed by atoms with E-state index in [2.05, 4.69) is 36.3 Å². The number of aryl methyl sites for hydroxylation is 2. The van der Waals surface area contributed by atoms with Crippen molar-refractivity contribution in [2.75, 3.05) is 11.1 Å². The van der Waals surface area contributed by atoms with Crippen LogP contribution >= 0.6 is 27.7 Å². The molecule has 0 spiro atoms. The molecule has 1 N–H and O–H groups in total. The van der Waals surface area contributed by atoms with Crippen molar-refractivity contribution in [2.45, 2.75) is 18.9 Å². The zero-order valence-corrected chi connectivity index (χ0v) is 16.1. The molecule has 128 valence electrons. The number of para-hydroxylation sites is 1. The van der Waals surface area contributed by atoms with Gasteiger partial charge in [0, 0.05) is 16.2 Å². The molecule has 0 bridgehead atoms. The molecule has 25 heavy (non-hydrogen) atoms. The van der Waals surface area contributed by atoms with Crippen LogP contribution in [0.25, 0.3) is 5.82 Å². The van der Waals surface area contributed by atoms with E-state index in [-0.39, 0.29) is 11.7 Å². The first-order valence-corrected chi connectivity index (χ1v) is 9.33. The average Bonchev–Trinajstić information content (AvgIpc) is 2.94. The van der Waals surface area contributed by atoms with Gasteiger partial charge in [0.05, 0.1) is 17.1 Å². The van der Waals surface area contributed by atoms with Gasteiger partial charge in [0.15, 0.2) is 5.82 Å². The van der Waals surface area contributed by atoms with E-state index in [0.717, 1.165) is 26.6 Å². The molecule has 6 nitrogen and oxygen atoms in total. The highest BCUT2D eigenvalue weighted by Crippen LogP contribution is 2.22. The van der Waals surface area contributed by atoms with Crippen LogP contribution in [0.2, 0.25) is 0 Å². The lowest BCUT2D eigenvalue weighted by Gasteiger charge is -2.07. The van der Waals surface area contributed by atoms with E-state index in [9.17, 15) is 4.79 Å². The van der Waals surface area contributed by atoms with E-state index >= 15 is 0 Å². The molecule has 0 aliphatic carbocycles. The molecule has 0 saturated carbocycles. The van der Waals surface area contributed by atoms with Gasteiger partial charge < -0.3 is 5.32 Å². The lowest BCUT2D eigenvalue weighted by Crippen LogP contribution is -2.14. The van der Waals surface area contributed by atoms with Crippen LogP contribution in [0.3, 0.4) is 0 Å². The molecule has 0 unspecified atom stereocenters. The van der Waals surface area contributed by atoms with Crippen molar-refractivity contribution in [2.24, 2.45) is 0 Å². The third-order valence-corrected chi connectivity index (χ3v) is 4.97. The minimum atomic E-state index is -0.0943. The topological polar surface area (TPSA) is 72.7 Å². The Balaban J connectivity index is 1.66. The zero-order valence-electron chi connectivity index (χ0n) is 13.7. The molecule has 0 saturated heterocycles. The molecule has 0 radical (unpaired) electrons. The fourth-order valence-corrected chi connectivity index (χ4v) is 3.32. The van der Waals surface area contributed by atoms with Crippen molar-refractivity contribution in [3.8, 4) is 5.82 Å². The van der Waals surface area contributed by atoms with E-state index in [1.807, 2.05) is 50.2 Å². The van der Waals surface area contributed by atoms with Crippen LogP contribution in [0.15, 0.2) is 52.2 Å². The van der Waals surface area contributed by atoms with Crippen LogP contribution in [0.1, 0.15) is 11.4 Å². The number of halogens is 1. The standard InChI is InChI=1S/C17H16BrN5OS/c1-11-7-12(2)23(22-11)15-8-17(20-10-19-15)25-9-16(24)21-14-6-4-3-5-13(14)18/h3-8,10H,9H2,1-2H3,(H,21,24). The lowest BCUT2D eigenvalue weighted by molar-refractivity contribution is -0.113. The normalized spacial score (nSPS) is 10.7. The maximum absolute atomic E-state index is 12.1. The molecule has 3 rings (SSSR count). The van der Waals surface area contributed by atoms with Gasteiger partial charge in [-0.2, -0.15) is 5.10 Å². The Morgan fingerprint density at radius 3 is 2.76 bits per heavy atom. The van der Waals surface area contributed by atoms with Gasteiger partial charge in [-0.25, -0.2) is 14.6 Å². The van der Waals surface area contributed by atoms with Gasteiger partial charge in [0.25, 0.3) is 0 Å². The second kappa shape index (κ2) is 7.79. The van der Waals surface area contributed by atoms with Crippen LogP contribution in [0.4, 0.5) is 5.69 Å². The third-order valence-electron chi connectivity index (χ3n) is 3.35. The lowest BCUT2D eigenvalue weighted by atomic mass is 10.3. The van der Waals surface area contributed by atoms with E-state index in [1.54, 1.807) is 4.68 Å². The Hall–Kier alpha value is -2.19. The molecule has 1 amide bonds. The Labute approximate surface area is 158 Å². The maximum Gasteiger partial charge on any atom is 0.234 e. The monoisotopic (exact) mass is 417 g/mol. The summed E-state index contributed by atoms with van der Waals surface area (Å²) in [7, 11) is 0. The number of anilines is 1. The second-order valence-corrected chi connectivity index (χ2v) is 7.22. The Morgan fingerprint density at radius 2 is 2.04 bits per heavy atom. The summed E-state index contributed by atoms with van der Waals surface area (Å²) >= 11 is 4.77. The smallest absolute Gasteiger partial charge is 0.234 e. The Bertz CT molecular complexity index is 912. The number of aromatic nitrogens is 4. The van der Waals surface area contributed by atoms with Crippen LogP contribution in [-0.4, -0.2) is 31.4 Å². The summed E-state index contributed by atoms with van der Waals surface area (Å²) in [4.78, 5) is 20.6. The number of nitrogens with one attached hydrogen (secondary N) is 1. The minimum Gasteiger partial charge on any atom is -0.324 e. The molecule has 2 heterocycles. The summed E-state index contributed by atoms with van der Waals surface area (Å²) in [5, 5.41) is 8.01. The van der Waals surface area contributed by atoms with Crippen molar-refractivity contribution in [1.82, 2.24) is 19.7 Å². The molecule has 8 heteroatoms. The number of hydrogen-bond acceptors (Lipinski definition) is 5. The van der Waals surface area contributed by atoms with Crippen LogP contribution in [-0.2, 0) is 4.79 Å². The molecule has 2 aromatic heterocycles. The molecule has 0 atom stereocenters. The van der Waals surface area contributed by atoms with Gasteiger partial charge in [-0.05, 0) is 48.0 Å². The molecule has 0 fully saturated rings. The summed E-state index contributed by atoms with van der Waals surface area (Å²) in [6.07, 6.45) is 1.49. The van der Waals surface area contributed by atoms with Crippen molar-refractivity contribution in [1.29, 1.82) is 0 Å². The van der Waals surface area contributed by atoms with Crippen LogP contribution in [0.5, 0.6) is 0 Å². The molecular weight excluding hydrogens is 402 g/mol. The van der Waals surface area contributed by atoms with E-state index in [1.165, 1.54) is 18.1 Å². The van der Waals surface area contributed by atoms with Crippen LogP contribution < -0.4 is 5.32 Å². The number of carbonyl (C=O) groups is 1. The van der Waals surface area contributed by atoms with Gasteiger partial charge in [-0.1, -0.05) is 23.9 Å². The first-order valence-electron chi connectivity index (χ1n) is 7.56. The summed E-state index contributed by atoms with van der Waals surface area (Å²) < 4.78 is 2.62. The molecule has 1 aromatic carbocycles. The van der Waals surface area contributed by atoms with E-state index in [4.69, 9.17) is 0 Å². The first kappa shape index (κ1) is 17.6. The molecule has 0 aliphatic rings. The fourth-order valence-electron chi connectivity index (χ4n) is 2.27. The summed E-state index contributed by atoms with van der Waals surface area (Å²) in [5.74, 6) is 0.854. The maximum atomic E-state index is 12.1.